The highest BCUT2D eigenvalue weighted by atomic mass is 35.5. The van der Waals surface area contributed by atoms with E-state index in [-0.39, 0.29) is 11.5 Å². The van der Waals surface area contributed by atoms with Crippen molar-refractivity contribution in [1.29, 1.82) is 0 Å². The van der Waals surface area contributed by atoms with Gasteiger partial charge >= 0.3 is 0 Å². The number of para-hydroxylation sites is 1. The first-order chi connectivity index (χ1) is 10.4. The Bertz CT molecular complexity index is 882. The average Bonchev–Trinajstić information content (AvgIpc) is 2.84. The summed E-state index contributed by atoms with van der Waals surface area (Å²) in [5.41, 5.74) is 1.25. The predicted molar refractivity (Wildman–Crippen MR) is 92.4 cm³/mol. The van der Waals surface area contributed by atoms with Crippen molar-refractivity contribution in [1.82, 2.24) is 4.98 Å². The van der Waals surface area contributed by atoms with Gasteiger partial charge in [-0.05, 0) is 24.3 Å². The van der Waals surface area contributed by atoms with Crippen molar-refractivity contribution in [2.75, 3.05) is 0 Å². The summed E-state index contributed by atoms with van der Waals surface area (Å²) < 4.78 is 25.8. The van der Waals surface area contributed by atoms with E-state index in [4.69, 9.17) is 23.2 Å². The summed E-state index contributed by atoms with van der Waals surface area (Å²) in [6.07, 6.45) is 0. The lowest BCUT2D eigenvalue weighted by Gasteiger charge is -2.07. The quantitative estimate of drug-likeness (QED) is 0.666. The van der Waals surface area contributed by atoms with Crippen molar-refractivity contribution >= 4 is 54.6 Å². The van der Waals surface area contributed by atoms with Crippen molar-refractivity contribution in [3.8, 4) is 0 Å². The summed E-state index contributed by atoms with van der Waals surface area (Å²) in [6.45, 7) is 0. The molecule has 1 aromatic heterocycles. The fourth-order valence-corrected chi connectivity index (χ4v) is 5.63. The van der Waals surface area contributed by atoms with Gasteiger partial charge in [0.05, 0.1) is 16.0 Å². The van der Waals surface area contributed by atoms with E-state index < -0.39 is 9.84 Å². The van der Waals surface area contributed by atoms with Crippen molar-refractivity contribution in [2.24, 2.45) is 0 Å². The Balaban J connectivity index is 1.87. The molecule has 22 heavy (non-hydrogen) atoms. The van der Waals surface area contributed by atoms with Crippen LogP contribution in [0.5, 0.6) is 0 Å². The summed E-state index contributed by atoms with van der Waals surface area (Å²) >= 11 is 13.5. The molecule has 3 rings (SSSR count). The highest BCUT2D eigenvalue weighted by Crippen LogP contribution is 2.28. The molecule has 0 saturated carbocycles. The van der Waals surface area contributed by atoms with Gasteiger partial charge in [0.1, 0.15) is 10.8 Å². The first-order valence-corrected chi connectivity index (χ1v) is 9.82. The number of thiazole rings is 1. The second-order valence-electron chi connectivity index (χ2n) is 4.81. The summed E-state index contributed by atoms with van der Waals surface area (Å²) in [7, 11) is -3.40. The van der Waals surface area contributed by atoms with Crippen LogP contribution in [-0.2, 0) is 21.3 Å². The first kappa shape index (κ1) is 15.7. The second-order valence-corrected chi connectivity index (χ2v) is 8.80. The van der Waals surface area contributed by atoms with Crippen LogP contribution in [0.2, 0.25) is 10.0 Å². The molecule has 0 fully saturated rings. The Morgan fingerprint density at radius 3 is 2.32 bits per heavy atom. The summed E-state index contributed by atoms with van der Waals surface area (Å²) in [6, 6.07) is 12.5. The molecule has 0 N–H and O–H groups in total. The highest BCUT2D eigenvalue weighted by Gasteiger charge is 2.19. The molecule has 0 aliphatic rings. The summed E-state index contributed by atoms with van der Waals surface area (Å²) in [5, 5.41) is 1.30. The standard InChI is InChI=1S/C15H11Cl2NO2S2/c16-11-4-3-5-12(17)10(11)8-22(19,20)9-15-18-13-6-1-2-7-14(13)21-15/h1-7H,8-9H2. The van der Waals surface area contributed by atoms with Gasteiger partial charge in [-0.25, -0.2) is 13.4 Å². The molecule has 0 unspecified atom stereocenters. The van der Waals surface area contributed by atoms with Gasteiger partial charge < -0.3 is 0 Å². The minimum absolute atomic E-state index is 0.117. The van der Waals surface area contributed by atoms with Gasteiger partial charge in [-0.15, -0.1) is 11.3 Å². The molecule has 7 heteroatoms. The molecule has 114 valence electrons. The molecular formula is C15H11Cl2NO2S2. The number of sulfone groups is 1. The molecule has 0 saturated heterocycles. The lowest BCUT2D eigenvalue weighted by molar-refractivity contribution is 0.594. The topological polar surface area (TPSA) is 47.0 Å². The van der Waals surface area contributed by atoms with Crippen LogP contribution in [0.15, 0.2) is 42.5 Å². The largest absolute Gasteiger partial charge is 0.240 e. The van der Waals surface area contributed by atoms with Crippen LogP contribution in [0.3, 0.4) is 0 Å². The van der Waals surface area contributed by atoms with Crippen molar-refractivity contribution in [2.45, 2.75) is 11.5 Å². The molecule has 3 nitrogen and oxygen atoms in total. The Morgan fingerprint density at radius 2 is 1.64 bits per heavy atom. The van der Waals surface area contributed by atoms with E-state index in [9.17, 15) is 8.42 Å². The third kappa shape index (κ3) is 3.43. The van der Waals surface area contributed by atoms with Crippen LogP contribution in [-0.4, -0.2) is 13.4 Å². The van der Waals surface area contributed by atoms with Crippen molar-refractivity contribution in [3.63, 3.8) is 0 Å². The number of halogens is 2. The van der Waals surface area contributed by atoms with Crippen LogP contribution in [0.25, 0.3) is 10.2 Å². The summed E-state index contributed by atoms with van der Waals surface area (Å²) in [5.74, 6) is -0.310. The maximum atomic E-state index is 12.4. The van der Waals surface area contributed by atoms with Gasteiger partial charge in [0.25, 0.3) is 0 Å². The minimum Gasteiger partial charge on any atom is -0.240 e. The number of benzene rings is 2. The fourth-order valence-electron chi connectivity index (χ4n) is 2.11. The molecule has 1 heterocycles. The molecule has 0 aliphatic carbocycles. The first-order valence-electron chi connectivity index (χ1n) is 6.42. The fraction of sp³-hybridized carbons (Fsp3) is 0.133. The maximum Gasteiger partial charge on any atom is 0.161 e. The van der Waals surface area contributed by atoms with E-state index >= 15 is 0 Å². The van der Waals surface area contributed by atoms with Crippen molar-refractivity contribution in [3.05, 3.63) is 63.1 Å². The van der Waals surface area contributed by atoms with E-state index in [0.717, 1.165) is 10.2 Å². The van der Waals surface area contributed by atoms with Crippen LogP contribution < -0.4 is 0 Å². The molecule has 0 bridgehead atoms. The number of nitrogens with zero attached hydrogens (tertiary/aromatic N) is 1. The Morgan fingerprint density at radius 1 is 0.955 bits per heavy atom. The molecule has 3 aromatic rings. The van der Waals surface area contributed by atoms with E-state index in [1.165, 1.54) is 11.3 Å². The monoisotopic (exact) mass is 371 g/mol. The average molecular weight is 372 g/mol. The molecule has 0 aliphatic heterocycles. The van der Waals surface area contributed by atoms with E-state index in [1.54, 1.807) is 18.2 Å². The van der Waals surface area contributed by atoms with Crippen LogP contribution in [0, 0.1) is 0 Å². The summed E-state index contributed by atoms with van der Waals surface area (Å²) in [4.78, 5) is 4.36. The molecule has 0 spiro atoms. The molecule has 0 atom stereocenters. The zero-order valence-electron chi connectivity index (χ0n) is 11.3. The van der Waals surface area contributed by atoms with E-state index in [1.807, 2.05) is 24.3 Å². The zero-order chi connectivity index (χ0) is 15.7. The van der Waals surface area contributed by atoms with Gasteiger partial charge in [-0.1, -0.05) is 41.4 Å². The number of aromatic nitrogens is 1. The number of hydrogen-bond donors (Lipinski definition) is 0. The third-order valence-corrected chi connectivity index (χ3v) is 6.48. The van der Waals surface area contributed by atoms with Crippen LogP contribution in [0.1, 0.15) is 10.6 Å². The zero-order valence-corrected chi connectivity index (χ0v) is 14.4. The van der Waals surface area contributed by atoms with Gasteiger partial charge in [-0.3, -0.25) is 0 Å². The highest BCUT2D eigenvalue weighted by molar-refractivity contribution is 7.90. The Kier molecular flexibility index (Phi) is 4.41. The molecule has 0 amide bonds. The number of fused-ring (bicyclic) bond motifs is 1. The van der Waals surface area contributed by atoms with E-state index in [0.29, 0.717) is 20.6 Å². The normalized spacial score (nSPS) is 11.9. The lowest BCUT2D eigenvalue weighted by atomic mass is 10.2. The number of hydrogen-bond acceptors (Lipinski definition) is 4. The lowest BCUT2D eigenvalue weighted by Crippen LogP contribution is -2.08. The molecule has 2 aromatic carbocycles. The van der Waals surface area contributed by atoms with Crippen LogP contribution >= 0.6 is 34.5 Å². The van der Waals surface area contributed by atoms with Gasteiger partial charge in [0.15, 0.2) is 9.84 Å². The van der Waals surface area contributed by atoms with Crippen molar-refractivity contribution < 1.29 is 8.42 Å². The third-order valence-electron chi connectivity index (χ3n) is 3.11. The van der Waals surface area contributed by atoms with Crippen LogP contribution in [0.4, 0.5) is 0 Å². The Labute approximate surface area is 142 Å². The molecular weight excluding hydrogens is 361 g/mol. The second kappa shape index (κ2) is 6.16. The van der Waals surface area contributed by atoms with Gasteiger partial charge in [0, 0.05) is 15.6 Å². The number of rotatable bonds is 4. The van der Waals surface area contributed by atoms with Gasteiger partial charge in [0.2, 0.25) is 0 Å². The maximum absolute atomic E-state index is 12.4. The molecule has 0 radical (unpaired) electrons. The van der Waals surface area contributed by atoms with Gasteiger partial charge in [-0.2, -0.15) is 0 Å². The predicted octanol–water partition coefficient (Wildman–Crippen LogP) is 4.72. The smallest absolute Gasteiger partial charge is 0.161 e. The minimum atomic E-state index is -3.40. The SMILES string of the molecule is O=S(=O)(Cc1nc2ccccc2s1)Cc1c(Cl)cccc1Cl. The Hall–Kier alpha value is -1.14. The van der Waals surface area contributed by atoms with E-state index in [2.05, 4.69) is 4.98 Å².